The van der Waals surface area contributed by atoms with Crippen molar-refractivity contribution in [1.82, 2.24) is 5.32 Å². The van der Waals surface area contributed by atoms with E-state index in [-0.39, 0.29) is 23.5 Å². The van der Waals surface area contributed by atoms with Gasteiger partial charge in [0.25, 0.3) is 5.91 Å². The third-order valence-electron chi connectivity index (χ3n) is 4.53. The van der Waals surface area contributed by atoms with Crippen molar-refractivity contribution >= 4 is 15.9 Å². The van der Waals surface area contributed by atoms with Gasteiger partial charge in [-0.2, -0.15) is 0 Å². The number of nitrogens with one attached hydrogen (secondary N) is 1. The van der Waals surface area contributed by atoms with Crippen LogP contribution in [0.5, 0.6) is 11.5 Å². The highest BCUT2D eigenvalue weighted by atomic mass is 32.2. The fraction of sp³-hybridized carbons (Fsp3) is 0.174. The number of primary sulfonamides is 1. The number of hydrogen-bond donors (Lipinski definition) is 2. The molecule has 0 aliphatic rings. The predicted molar refractivity (Wildman–Crippen MR) is 117 cm³/mol. The summed E-state index contributed by atoms with van der Waals surface area (Å²) in [6.45, 7) is 2.12. The zero-order valence-electron chi connectivity index (χ0n) is 17.0. The van der Waals surface area contributed by atoms with Crippen LogP contribution in [0.25, 0.3) is 0 Å². The number of carbonyl (C=O) groups is 1. The second kappa shape index (κ2) is 10.1. The van der Waals surface area contributed by atoms with Crippen molar-refractivity contribution in [3.05, 3.63) is 90.0 Å². The molecule has 0 radical (unpaired) electrons. The van der Waals surface area contributed by atoms with Gasteiger partial charge in [0, 0.05) is 0 Å². The maximum absolute atomic E-state index is 12.2. The second-order valence-electron chi connectivity index (χ2n) is 6.94. The summed E-state index contributed by atoms with van der Waals surface area (Å²) in [5, 5.41) is 7.89. The Morgan fingerprint density at radius 2 is 1.48 bits per heavy atom. The molecule has 3 rings (SSSR count). The highest BCUT2D eigenvalue weighted by Crippen LogP contribution is 2.19. The molecule has 0 fully saturated rings. The van der Waals surface area contributed by atoms with Crippen molar-refractivity contribution in [2.45, 2.75) is 24.5 Å². The minimum atomic E-state index is -3.74. The quantitative estimate of drug-likeness (QED) is 0.531. The zero-order chi connectivity index (χ0) is 22.3. The highest BCUT2D eigenvalue weighted by Gasteiger charge is 2.12. The average Bonchev–Trinajstić information content (AvgIpc) is 2.77. The molecular weight excluding hydrogens is 416 g/mol. The van der Waals surface area contributed by atoms with Gasteiger partial charge in [-0.05, 0) is 54.4 Å². The molecule has 0 saturated heterocycles. The van der Waals surface area contributed by atoms with Gasteiger partial charge in [-0.25, -0.2) is 13.6 Å². The Morgan fingerprint density at radius 1 is 0.903 bits per heavy atom. The van der Waals surface area contributed by atoms with Crippen molar-refractivity contribution in [1.29, 1.82) is 0 Å². The van der Waals surface area contributed by atoms with E-state index in [4.69, 9.17) is 14.6 Å². The van der Waals surface area contributed by atoms with E-state index in [2.05, 4.69) is 5.32 Å². The molecule has 3 aromatic rings. The molecule has 1 amide bonds. The summed E-state index contributed by atoms with van der Waals surface area (Å²) in [5.74, 6) is 0.956. The first-order valence-electron chi connectivity index (χ1n) is 9.63. The molecule has 0 unspecified atom stereocenters. The SMILES string of the molecule is C[C@H](NC(=O)COc1ccc(OCc2ccccc2)cc1)c1ccc(S(N)(=O)=O)cc1. The molecule has 8 heteroatoms. The fourth-order valence-corrected chi connectivity index (χ4v) is 3.35. The molecule has 0 aliphatic carbocycles. The molecule has 3 aromatic carbocycles. The van der Waals surface area contributed by atoms with Crippen LogP contribution < -0.4 is 19.9 Å². The lowest BCUT2D eigenvalue weighted by atomic mass is 10.1. The van der Waals surface area contributed by atoms with E-state index in [9.17, 15) is 13.2 Å². The molecular formula is C23H24N2O5S. The van der Waals surface area contributed by atoms with Crippen LogP contribution in [0.2, 0.25) is 0 Å². The Bertz CT molecular complexity index is 1100. The van der Waals surface area contributed by atoms with Gasteiger partial charge in [-0.3, -0.25) is 4.79 Å². The third-order valence-corrected chi connectivity index (χ3v) is 5.46. The van der Waals surface area contributed by atoms with Crippen molar-refractivity contribution in [2.75, 3.05) is 6.61 Å². The van der Waals surface area contributed by atoms with Crippen molar-refractivity contribution in [3.8, 4) is 11.5 Å². The summed E-state index contributed by atoms with van der Waals surface area (Å²) < 4.78 is 33.9. The van der Waals surface area contributed by atoms with Crippen LogP contribution in [0.3, 0.4) is 0 Å². The number of hydrogen-bond acceptors (Lipinski definition) is 5. The van der Waals surface area contributed by atoms with Crippen LogP contribution >= 0.6 is 0 Å². The maximum atomic E-state index is 12.2. The van der Waals surface area contributed by atoms with Gasteiger partial charge in [0.2, 0.25) is 10.0 Å². The number of benzene rings is 3. The number of rotatable bonds is 9. The van der Waals surface area contributed by atoms with Crippen LogP contribution in [0.4, 0.5) is 0 Å². The smallest absolute Gasteiger partial charge is 0.258 e. The molecule has 162 valence electrons. The van der Waals surface area contributed by atoms with E-state index in [0.29, 0.717) is 18.1 Å². The van der Waals surface area contributed by atoms with Gasteiger partial charge >= 0.3 is 0 Å². The number of sulfonamides is 1. The number of ether oxygens (including phenoxy) is 2. The fourth-order valence-electron chi connectivity index (χ4n) is 2.83. The monoisotopic (exact) mass is 440 g/mol. The molecule has 0 saturated carbocycles. The molecule has 1 atom stereocenters. The number of nitrogens with two attached hydrogens (primary N) is 1. The Hall–Kier alpha value is -3.36. The molecule has 3 N–H and O–H groups in total. The van der Waals surface area contributed by atoms with Crippen molar-refractivity contribution in [3.63, 3.8) is 0 Å². The van der Waals surface area contributed by atoms with E-state index >= 15 is 0 Å². The Balaban J connectivity index is 1.45. The van der Waals surface area contributed by atoms with Gasteiger partial charge in [-0.1, -0.05) is 42.5 Å². The number of amides is 1. The lowest BCUT2D eigenvalue weighted by Gasteiger charge is -2.15. The molecule has 0 aromatic heterocycles. The van der Waals surface area contributed by atoms with Crippen LogP contribution in [0, 0.1) is 0 Å². The van der Waals surface area contributed by atoms with Crippen molar-refractivity contribution in [2.24, 2.45) is 5.14 Å². The van der Waals surface area contributed by atoms with Gasteiger partial charge in [0.05, 0.1) is 10.9 Å². The molecule has 0 bridgehead atoms. The maximum Gasteiger partial charge on any atom is 0.258 e. The Morgan fingerprint density at radius 3 is 2.06 bits per heavy atom. The highest BCUT2D eigenvalue weighted by molar-refractivity contribution is 7.89. The van der Waals surface area contributed by atoms with E-state index in [1.54, 1.807) is 43.3 Å². The molecule has 31 heavy (non-hydrogen) atoms. The molecule has 7 nitrogen and oxygen atoms in total. The minimum absolute atomic E-state index is 0.0225. The standard InChI is InChI=1S/C23H24N2O5S/c1-17(19-7-13-22(14-8-19)31(24,27)28)25-23(26)16-30-21-11-9-20(10-12-21)29-15-18-5-3-2-4-6-18/h2-14,17H,15-16H2,1H3,(H,25,26)(H2,24,27,28)/t17-/m0/s1. The summed E-state index contributed by atoms with van der Waals surface area (Å²) in [6, 6.07) is 22.6. The van der Waals surface area contributed by atoms with Gasteiger partial charge in [0.15, 0.2) is 6.61 Å². The topological polar surface area (TPSA) is 108 Å². The predicted octanol–water partition coefficient (Wildman–Crippen LogP) is 3.17. The summed E-state index contributed by atoms with van der Waals surface area (Å²) in [5.41, 5.74) is 1.83. The van der Waals surface area contributed by atoms with Gasteiger partial charge in [0.1, 0.15) is 18.1 Å². The van der Waals surface area contributed by atoms with E-state index in [1.165, 1.54) is 12.1 Å². The summed E-state index contributed by atoms with van der Waals surface area (Å²) in [4.78, 5) is 12.2. The van der Waals surface area contributed by atoms with Crippen LogP contribution in [-0.4, -0.2) is 20.9 Å². The van der Waals surface area contributed by atoms with Crippen LogP contribution in [0.15, 0.2) is 83.8 Å². The normalized spacial score (nSPS) is 12.1. The second-order valence-corrected chi connectivity index (χ2v) is 8.50. The zero-order valence-corrected chi connectivity index (χ0v) is 17.8. The lowest BCUT2D eigenvalue weighted by molar-refractivity contribution is -0.123. The first-order chi connectivity index (χ1) is 14.8. The summed E-state index contributed by atoms with van der Waals surface area (Å²) in [6.07, 6.45) is 0. The lowest BCUT2D eigenvalue weighted by Crippen LogP contribution is -2.31. The first kappa shape index (κ1) is 22.3. The molecule has 0 heterocycles. The molecule has 0 aliphatic heterocycles. The minimum Gasteiger partial charge on any atom is -0.489 e. The van der Waals surface area contributed by atoms with E-state index < -0.39 is 10.0 Å². The summed E-state index contributed by atoms with van der Waals surface area (Å²) >= 11 is 0. The van der Waals surface area contributed by atoms with Crippen molar-refractivity contribution < 1.29 is 22.7 Å². The average molecular weight is 441 g/mol. The first-order valence-corrected chi connectivity index (χ1v) is 11.2. The van der Waals surface area contributed by atoms with E-state index in [1.807, 2.05) is 30.3 Å². The Labute approximate surface area is 181 Å². The van der Waals surface area contributed by atoms with Gasteiger partial charge < -0.3 is 14.8 Å². The largest absolute Gasteiger partial charge is 0.489 e. The summed E-state index contributed by atoms with van der Waals surface area (Å²) in [7, 11) is -3.74. The molecule has 0 spiro atoms. The van der Waals surface area contributed by atoms with E-state index in [0.717, 1.165) is 11.1 Å². The van der Waals surface area contributed by atoms with Crippen LogP contribution in [-0.2, 0) is 21.4 Å². The number of carbonyl (C=O) groups excluding carboxylic acids is 1. The van der Waals surface area contributed by atoms with Crippen LogP contribution in [0.1, 0.15) is 24.1 Å². The Kier molecular flexibility index (Phi) is 7.28. The van der Waals surface area contributed by atoms with Gasteiger partial charge in [-0.15, -0.1) is 0 Å². The third kappa shape index (κ3) is 6.84.